The molecule has 1 aliphatic heterocycles. The first-order valence-corrected chi connectivity index (χ1v) is 7.11. The minimum Gasteiger partial charge on any atom is -0.407 e. The van der Waals surface area contributed by atoms with E-state index >= 15 is 0 Å². The molecule has 1 saturated heterocycles. The predicted molar refractivity (Wildman–Crippen MR) is 82.2 cm³/mol. The second-order valence-electron chi connectivity index (χ2n) is 5.74. The molecule has 1 fully saturated rings. The standard InChI is InChI=1S/C16H18N2O3.H2/c1-9(2)11-5-4-6-12-14(11)21-16(20)18(12)13-8-7-10(3)17-15(13)19;/h4-6,9,13H,3,7-8H2,1-2H3,(H,17,19);1H/t13-;/m1./s1. The quantitative estimate of drug-likeness (QED) is 0.924. The van der Waals surface area contributed by atoms with Crippen molar-refractivity contribution in [2.75, 3.05) is 0 Å². The molecule has 5 nitrogen and oxygen atoms in total. The van der Waals surface area contributed by atoms with Gasteiger partial charge in [0.25, 0.3) is 0 Å². The van der Waals surface area contributed by atoms with E-state index in [1.807, 2.05) is 32.0 Å². The molecule has 2 aromatic rings. The Hall–Kier alpha value is -2.30. The second kappa shape index (κ2) is 4.91. The summed E-state index contributed by atoms with van der Waals surface area (Å²) in [7, 11) is 0. The lowest BCUT2D eigenvalue weighted by atomic mass is 10.0. The van der Waals surface area contributed by atoms with Crippen LogP contribution >= 0.6 is 0 Å². The van der Waals surface area contributed by atoms with Gasteiger partial charge in [0, 0.05) is 7.12 Å². The average molecular weight is 288 g/mol. The number of oxazole rings is 1. The molecule has 2 heterocycles. The molecule has 1 aromatic carbocycles. The largest absolute Gasteiger partial charge is 0.420 e. The van der Waals surface area contributed by atoms with Gasteiger partial charge >= 0.3 is 5.76 Å². The van der Waals surface area contributed by atoms with E-state index in [1.165, 1.54) is 4.57 Å². The van der Waals surface area contributed by atoms with Gasteiger partial charge in [-0.3, -0.25) is 9.36 Å². The van der Waals surface area contributed by atoms with Crippen LogP contribution in [0.3, 0.4) is 0 Å². The monoisotopic (exact) mass is 288 g/mol. The number of allylic oxidation sites excluding steroid dienone is 1. The Bertz CT molecular complexity index is 788. The molecule has 0 spiro atoms. The molecule has 1 aliphatic rings. The summed E-state index contributed by atoms with van der Waals surface area (Å²) in [6, 6.07) is 5.13. The molecule has 112 valence electrons. The van der Waals surface area contributed by atoms with Crippen molar-refractivity contribution in [1.29, 1.82) is 0 Å². The molecule has 0 bridgehead atoms. The number of hydrogen-bond acceptors (Lipinski definition) is 3. The molecule has 0 aliphatic carbocycles. The highest BCUT2D eigenvalue weighted by molar-refractivity contribution is 5.86. The maximum absolute atomic E-state index is 12.2. The fraction of sp³-hybridized carbons (Fsp3) is 0.375. The summed E-state index contributed by atoms with van der Waals surface area (Å²) >= 11 is 0. The van der Waals surface area contributed by atoms with Crippen LogP contribution in [0.5, 0.6) is 0 Å². The molecule has 1 amide bonds. The van der Waals surface area contributed by atoms with Crippen molar-refractivity contribution in [2.24, 2.45) is 0 Å². The number of rotatable bonds is 2. The zero-order valence-electron chi connectivity index (χ0n) is 12.2. The van der Waals surface area contributed by atoms with Gasteiger partial charge in [-0.25, -0.2) is 4.79 Å². The van der Waals surface area contributed by atoms with Gasteiger partial charge in [-0.1, -0.05) is 32.6 Å². The number of nitrogens with zero attached hydrogens (tertiary/aromatic N) is 1. The van der Waals surface area contributed by atoms with Crippen LogP contribution < -0.4 is 11.1 Å². The molecular weight excluding hydrogens is 268 g/mol. The molecule has 0 unspecified atom stereocenters. The van der Waals surface area contributed by atoms with Gasteiger partial charge in [-0.15, -0.1) is 0 Å². The highest BCUT2D eigenvalue weighted by Crippen LogP contribution is 2.29. The SMILES string of the molecule is C=C1CC[C@@H](n2c(=O)oc3c(C(C)C)cccc32)C(=O)N1.[HH]. The van der Waals surface area contributed by atoms with Crippen LogP contribution in [-0.4, -0.2) is 10.5 Å². The molecular formula is C16H20N2O3. The van der Waals surface area contributed by atoms with Crippen molar-refractivity contribution < 1.29 is 10.6 Å². The minimum atomic E-state index is -0.535. The normalized spacial score (nSPS) is 19.3. The van der Waals surface area contributed by atoms with Crippen LogP contribution in [0, 0.1) is 0 Å². The molecule has 21 heavy (non-hydrogen) atoms. The van der Waals surface area contributed by atoms with Crippen molar-refractivity contribution in [3.8, 4) is 0 Å². The van der Waals surface area contributed by atoms with E-state index < -0.39 is 11.8 Å². The summed E-state index contributed by atoms with van der Waals surface area (Å²) in [6.07, 6.45) is 1.23. The molecule has 5 heteroatoms. The van der Waals surface area contributed by atoms with E-state index in [2.05, 4.69) is 11.9 Å². The van der Waals surface area contributed by atoms with E-state index in [9.17, 15) is 9.59 Å². The Labute approximate surface area is 123 Å². The third-order valence-electron chi connectivity index (χ3n) is 3.93. The van der Waals surface area contributed by atoms with Gasteiger partial charge in [-0.2, -0.15) is 0 Å². The van der Waals surface area contributed by atoms with Crippen LogP contribution in [0.25, 0.3) is 11.1 Å². The number of aromatic nitrogens is 1. The summed E-state index contributed by atoms with van der Waals surface area (Å²) in [4.78, 5) is 24.4. The number of benzene rings is 1. The number of carbonyl (C=O) groups excluding carboxylic acids is 1. The van der Waals surface area contributed by atoms with E-state index in [1.54, 1.807) is 0 Å². The Morgan fingerprint density at radius 2 is 2.19 bits per heavy atom. The van der Waals surface area contributed by atoms with Crippen molar-refractivity contribution in [3.63, 3.8) is 0 Å². The lowest BCUT2D eigenvalue weighted by Crippen LogP contribution is -2.39. The van der Waals surface area contributed by atoms with Gasteiger partial charge < -0.3 is 9.73 Å². The first-order chi connectivity index (χ1) is 9.99. The average Bonchev–Trinajstić information content (AvgIpc) is 2.74. The maximum Gasteiger partial charge on any atom is 0.420 e. The maximum atomic E-state index is 12.2. The van der Waals surface area contributed by atoms with Crippen LogP contribution in [0.4, 0.5) is 0 Å². The van der Waals surface area contributed by atoms with Crippen LogP contribution in [0.2, 0.25) is 0 Å². The Morgan fingerprint density at radius 1 is 1.43 bits per heavy atom. The number of amides is 1. The van der Waals surface area contributed by atoms with Gasteiger partial charge in [0.2, 0.25) is 5.91 Å². The molecule has 1 aromatic heterocycles. The number of nitrogens with one attached hydrogen (secondary N) is 1. The van der Waals surface area contributed by atoms with E-state index in [0.29, 0.717) is 29.6 Å². The van der Waals surface area contributed by atoms with Crippen LogP contribution in [0.15, 0.2) is 39.7 Å². The molecule has 1 N–H and O–H groups in total. The molecule has 0 radical (unpaired) electrons. The Balaban J connectivity index is 0.00000176. The van der Waals surface area contributed by atoms with Crippen molar-refractivity contribution in [3.05, 3.63) is 46.6 Å². The zero-order chi connectivity index (χ0) is 15.1. The van der Waals surface area contributed by atoms with Gasteiger partial charge in [-0.05, 0) is 30.4 Å². The molecule has 3 rings (SSSR count). The van der Waals surface area contributed by atoms with Crippen LogP contribution in [0.1, 0.15) is 45.6 Å². The molecule has 0 saturated carbocycles. The summed E-state index contributed by atoms with van der Waals surface area (Å²) in [5.74, 6) is -0.440. The third kappa shape index (κ3) is 2.18. The summed E-state index contributed by atoms with van der Waals surface area (Å²) < 4.78 is 6.89. The number of carbonyl (C=O) groups is 1. The fourth-order valence-electron chi connectivity index (χ4n) is 2.84. The van der Waals surface area contributed by atoms with Gasteiger partial charge in [0.1, 0.15) is 6.04 Å². The fourth-order valence-corrected chi connectivity index (χ4v) is 2.84. The van der Waals surface area contributed by atoms with E-state index in [4.69, 9.17) is 4.42 Å². The minimum absolute atomic E-state index is 0. The highest BCUT2D eigenvalue weighted by atomic mass is 16.4. The molecule has 1 atom stereocenters. The van der Waals surface area contributed by atoms with Crippen molar-refractivity contribution in [2.45, 2.75) is 38.6 Å². The van der Waals surface area contributed by atoms with Gasteiger partial charge in [0.05, 0.1) is 5.52 Å². The van der Waals surface area contributed by atoms with E-state index in [0.717, 1.165) is 5.56 Å². The lowest BCUT2D eigenvalue weighted by Gasteiger charge is -2.23. The smallest absolute Gasteiger partial charge is 0.407 e. The van der Waals surface area contributed by atoms with Crippen LogP contribution in [-0.2, 0) is 4.79 Å². The number of hydrogen-bond donors (Lipinski definition) is 1. The lowest BCUT2D eigenvalue weighted by molar-refractivity contribution is -0.124. The third-order valence-corrected chi connectivity index (χ3v) is 3.93. The summed E-state index contributed by atoms with van der Waals surface area (Å²) in [5.41, 5.74) is 2.93. The predicted octanol–water partition coefficient (Wildman–Crippen LogP) is 2.93. The highest BCUT2D eigenvalue weighted by Gasteiger charge is 2.29. The number of para-hydroxylation sites is 1. The van der Waals surface area contributed by atoms with Crippen molar-refractivity contribution in [1.82, 2.24) is 9.88 Å². The zero-order valence-corrected chi connectivity index (χ0v) is 12.2. The first-order valence-electron chi connectivity index (χ1n) is 7.11. The summed E-state index contributed by atoms with van der Waals surface area (Å²) in [6.45, 7) is 7.85. The summed E-state index contributed by atoms with van der Waals surface area (Å²) in [5, 5.41) is 2.71. The Kier molecular flexibility index (Phi) is 3.20. The Morgan fingerprint density at radius 3 is 2.86 bits per heavy atom. The van der Waals surface area contributed by atoms with Gasteiger partial charge in [0.15, 0.2) is 5.58 Å². The number of piperidine rings is 1. The second-order valence-corrected chi connectivity index (χ2v) is 5.74. The first kappa shape index (κ1) is 13.7. The van der Waals surface area contributed by atoms with Crippen molar-refractivity contribution >= 4 is 17.0 Å². The topological polar surface area (TPSA) is 64.2 Å². The van der Waals surface area contributed by atoms with E-state index in [-0.39, 0.29) is 13.3 Å². The number of fused-ring (bicyclic) bond motifs is 1.